The van der Waals surface area contributed by atoms with E-state index in [1.165, 1.54) is 18.9 Å². The number of hydrogen-bond acceptors (Lipinski definition) is 2. The second kappa shape index (κ2) is 9.01. The summed E-state index contributed by atoms with van der Waals surface area (Å²) < 4.78 is 31.0. The zero-order chi connectivity index (χ0) is 14.4. The van der Waals surface area contributed by atoms with Crippen molar-refractivity contribution in [3.8, 4) is 5.75 Å². The Kier molecular flexibility index (Phi) is 7.69. The molecule has 0 heterocycles. The van der Waals surface area contributed by atoms with Crippen molar-refractivity contribution in [3.63, 3.8) is 0 Å². The average molecular weight is 411 g/mol. The number of nitrogens with one attached hydrogen (secondary N) is 2. The highest BCUT2D eigenvalue weighted by molar-refractivity contribution is 14.0. The zero-order valence-electron chi connectivity index (χ0n) is 11.9. The molecule has 0 spiro atoms. The number of hydrogen-bond donors (Lipinski definition) is 2. The second-order valence-corrected chi connectivity index (χ2v) is 4.60. The summed E-state index contributed by atoms with van der Waals surface area (Å²) in [5, 5.41) is 6.42. The van der Waals surface area contributed by atoms with E-state index in [9.17, 15) is 8.78 Å². The molecule has 0 aromatic heterocycles. The molecule has 7 heteroatoms. The van der Waals surface area contributed by atoms with Gasteiger partial charge in [-0.1, -0.05) is 0 Å². The van der Waals surface area contributed by atoms with Gasteiger partial charge < -0.3 is 15.4 Å². The van der Waals surface area contributed by atoms with Crippen LogP contribution in [0.1, 0.15) is 19.8 Å². The molecule has 1 aromatic rings. The molecule has 2 N–H and O–H groups in total. The van der Waals surface area contributed by atoms with E-state index in [0.29, 0.717) is 24.9 Å². The first kappa shape index (κ1) is 17.9. The van der Waals surface area contributed by atoms with E-state index in [4.69, 9.17) is 4.74 Å². The minimum atomic E-state index is -0.908. The molecule has 0 bridgehead atoms. The number of benzene rings is 1. The molecular formula is C14H20F2IN3O. The van der Waals surface area contributed by atoms with Gasteiger partial charge in [0.15, 0.2) is 17.6 Å². The molecule has 0 saturated heterocycles. The molecule has 1 aliphatic carbocycles. The third-order valence-electron chi connectivity index (χ3n) is 2.78. The zero-order valence-corrected chi connectivity index (χ0v) is 14.2. The van der Waals surface area contributed by atoms with Crippen LogP contribution in [0.25, 0.3) is 0 Å². The van der Waals surface area contributed by atoms with Gasteiger partial charge in [0.05, 0.1) is 6.54 Å². The molecule has 1 fully saturated rings. The van der Waals surface area contributed by atoms with E-state index in [0.717, 1.165) is 24.6 Å². The first-order valence-corrected chi connectivity index (χ1v) is 6.81. The Labute approximate surface area is 140 Å². The lowest BCUT2D eigenvalue weighted by molar-refractivity contribution is 0.325. The topological polar surface area (TPSA) is 45.7 Å². The van der Waals surface area contributed by atoms with Crippen molar-refractivity contribution in [2.75, 3.05) is 19.7 Å². The average Bonchev–Trinajstić information content (AvgIpc) is 3.23. The molecule has 0 atom stereocenters. The van der Waals surface area contributed by atoms with Gasteiger partial charge in [0.2, 0.25) is 0 Å². The molecular weight excluding hydrogens is 391 g/mol. The van der Waals surface area contributed by atoms with Crippen LogP contribution >= 0.6 is 24.0 Å². The van der Waals surface area contributed by atoms with Crippen molar-refractivity contribution < 1.29 is 13.5 Å². The maximum Gasteiger partial charge on any atom is 0.191 e. The van der Waals surface area contributed by atoms with Crippen LogP contribution in [0.4, 0.5) is 8.78 Å². The predicted molar refractivity (Wildman–Crippen MR) is 89.4 cm³/mol. The second-order valence-electron chi connectivity index (χ2n) is 4.60. The van der Waals surface area contributed by atoms with Crippen LogP contribution < -0.4 is 15.4 Å². The van der Waals surface area contributed by atoms with Gasteiger partial charge in [0, 0.05) is 18.7 Å². The number of rotatable bonds is 6. The van der Waals surface area contributed by atoms with Crippen LogP contribution in [0.3, 0.4) is 0 Å². The summed E-state index contributed by atoms with van der Waals surface area (Å²) in [6, 6.07) is 4.01. The smallest absolute Gasteiger partial charge is 0.191 e. The Morgan fingerprint density at radius 2 is 2.10 bits per heavy atom. The minimum Gasteiger partial charge on any atom is -0.492 e. The molecule has 0 aliphatic heterocycles. The van der Waals surface area contributed by atoms with Crippen molar-refractivity contribution in [2.45, 2.75) is 25.8 Å². The van der Waals surface area contributed by atoms with Gasteiger partial charge in [-0.2, -0.15) is 0 Å². The highest BCUT2D eigenvalue weighted by atomic mass is 127. The van der Waals surface area contributed by atoms with Crippen molar-refractivity contribution >= 4 is 29.9 Å². The maximum atomic E-state index is 13.0. The summed E-state index contributed by atoms with van der Waals surface area (Å²) in [6.45, 7) is 3.55. The summed E-state index contributed by atoms with van der Waals surface area (Å²) in [7, 11) is 0. The molecule has 1 aliphatic rings. The molecule has 21 heavy (non-hydrogen) atoms. The fraction of sp³-hybridized carbons (Fsp3) is 0.500. The SMILES string of the molecule is CCNC(=NCCOc1ccc(F)c(F)c1)NC1CC1.I. The highest BCUT2D eigenvalue weighted by Crippen LogP contribution is 2.18. The Morgan fingerprint density at radius 3 is 2.71 bits per heavy atom. The lowest BCUT2D eigenvalue weighted by Crippen LogP contribution is -2.38. The molecule has 1 aromatic carbocycles. The largest absolute Gasteiger partial charge is 0.492 e. The van der Waals surface area contributed by atoms with Crippen molar-refractivity contribution in [1.29, 1.82) is 0 Å². The normalized spacial score (nSPS) is 14.3. The van der Waals surface area contributed by atoms with Crippen LogP contribution in [-0.4, -0.2) is 31.7 Å². The molecule has 0 radical (unpaired) electrons. The third-order valence-corrected chi connectivity index (χ3v) is 2.78. The van der Waals surface area contributed by atoms with E-state index in [1.54, 1.807) is 0 Å². The summed E-state index contributed by atoms with van der Waals surface area (Å²) >= 11 is 0. The number of aliphatic imine (C=N–C) groups is 1. The molecule has 118 valence electrons. The molecule has 0 unspecified atom stereocenters. The third kappa shape index (κ3) is 6.45. The highest BCUT2D eigenvalue weighted by Gasteiger charge is 2.21. The van der Waals surface area contributed by atoms with Crippen molar-refractivity contribution in [2.24, 2.45) is 4.99 Å². The van der Waals surface area contributed by atoms with Crippen LogP contribution in [0.5, 0.6) is 5.75 Å². The quantitative estimate of drug-likeness (QED) is 0.328. The fourth-order valence-corrected chi connectivity index (χ4v) is 1.63. The van der Waals surface area contributed by atoms with E-state index in [1.807, 2.05) is 6.92 Å². The Balaban J connectivity index is 0.00000220. The Morgan fingerprint density at radius 1 is 1.33 bits per heavy atom. The fourth-order valence-electron chi connectivity index (χ4n) is 1.63. The van der Waals surface area contributed by atoms with Gasteiger partial charge in [0.1, 0.15) is 12.4 Å². The predicted octanol–water partition coefficient (Wildman–Crippen LogP) is 2.68. The monoisotopic (exact) mass is 411 g/mol. The maximum absolute atomic E-state index is 13.0. The Bertz CT molecular complexity index is 481. The van der Waals surface area contributed by atoms with Crippen LogP contribution in [0.2, 0.25) is 0 Å². The van der Waals surface area contributed by atoms with E-state index >= 15 is 0 Å². The molecule has 1 saturated carbocycles. The molecule has 0 amide bonds. The lowest BCUT2D eigenvalue weighted by atomic mass is 10.3. The van der Waals surface area contributed by atoms with Gasteiger partial charge in [0.25, 0.3) is 0 Å². The van der Waals surface area contributed by atoms with E-state index in [2.05, 4.69) is 15.6 Å². The van der Waals surface area contributed by atoms with Gasteiger partial charge in [-0.3, -0.25) is 0 Å². The number of nitrogens with zero attached hydrogens (tertiary/aromatic N) is 1. The summed E-state index contributed by atoms with van der Waals surface area (Å²) in [4.78, 5) is 4.35. The summed E-state index contributed by atoms with van der Waals surface area (Å²) in [6.07, 6.45) is 2.35. The van der Waals surface area contributed by atoms with E-state index in [-0.39, 0.29) is 24.0 Å². The van der Waals surface area contributed by atoms with Crippen molar-refractivity contribution in [3.05, 3.63) is 29.8 Å². The number of halogens is 3. The van der Waals surface area contributed by atoms with Crippen LogP contribution in [-0.2, 0) is 0 Å². The van der Waals surface area contributed by atoms with Gasteiger partial charge >= 0.3 is 0 Å². The van der Waals surface area contributed by atoms with Gasteiger partial charge in [-0.15, -0.1) is 24.0 Å². The molecule has 4 nitrogen and oxygen atoms in total. The van der Waals surface area contributed by atoms with Crippen LogP contribution in [0, 0.1) is 11.6 Å². The first-order chi connectivity index (χ1) is 9.69. The molecule has 2 rings (SSSR count). The van der Waals surface area contributed by atoms with Gasteiger partial charge in [-0.05, 0) is 31.9 Å². The van der Waals surface area contributed by atoms with Crippen LogP contribution in [0.15, 0.2) is 23.2 Å². The van der Waals surface area contributed by atoms with E-state index < -0.39 is 11.6 Å². The number of guanidine groups is 1. The lowest BCUT2D eigenvalue weighted by Gasteiger charge is -2.10. The van der Waals surface area contributed by atoms with Crippen molar-refractivity contribution in [1.82, 2.24) is 10.6 Å². The summed E-state index contributed by atoms with van der Waals surface area (Å²) in [5.74, 6) is -0.712. The summed E-state index contributed by atoms with van der Waals surface area (Å²) in [5.41, 5.74) is 0. The minimum absolute atomic E-state index is 0. The Hall–Kier alpha value is -1.12. The van der Waals surface area contributed by atoms with Gasteiger partial charge in [-0.25, -0.2) is 13.8 Å². The number of ether oxygens (including phenoxy) is 1. The first-order valence-electron chi connectivity index (χ1n) is 6.81. The standard InChI is InChI=1S/C14H19F2N3O.HI/c1-2-17-14(19-10-3-4-10)18-7-8-20-11-5-6-12(15)13(16)9-11;/h5-6,9-10H,2-4,7-8H2,1H3,(H2,17,18,19);1H.